The Morgan fingerprint density at radius 3 is 2.88 bits per heavy atom. The van der Waals surface area contributed by atoms with Crippen LogP contribution < -0.4 is 15.8 Å². The maximum atomic E-state index is 12.7. The molecule has 2 aromatic heterocycles. The van der Waals surface area contributed by atoms with Crippen molar-refractivity contribution >= 4 is 46.3 Å². The van der Waals surface area contributed by atoms with Gasteiger partial charge in [-0.3, -0.25) is 23.8 Å². The van der Waals surface area contributed by atoms with Crippen molar-refractivity contribution in [3.63, 3.8) is 0 Å². The Morgan fingerprint density at radius 2 is 2.16 bits per heavy atom. The largest absolute Gasteiger partial charge is 0.527 e. The first-order chi connectivity index (χ1) is 15.1. The number of phosphoric ester groups is 1. The molecule has 1 aliphatic rings. The Kier molecular flexibility index (Phi) is 6.38. The molecule has 0 saturated carbocycles. The van der Waals surface area contributed by atoms with E-state index in [1.54, 1.807) is 12.1 Å². The first-order valence-electron chi connectivity index (χ1n) is 9.34. The number of benzene rings is 1. The smallest absolute Gasteiger partial charge is 0.402 e. The number of aromatic amines is 2. The molecular weight excluding hydrogens is 533 g/mol. The lowest BCUT2D eigenvalue weighted by Crippen LogP contribution is -2.33. The summed E-state index contributed by atoms with van der Waals surface area (Å²) in [5.74, 6) is 0.000580. The number of phosphoric acid groups is 1. The van der Waals surface area contributed by atoms with E-state index >= 15 is 0 Å². The van der Waals surface area contributed by atoms with Gasteiger partial charge in [-0.25, -0.2) is 9.36 Å². The van der Waals surface area contributed by atoms with Crippen LogP contribution in [0, 0.1) is 6.92 Å². The highest BCUT2D eigenvalue weighted by Crippen LogP contribution is 2.50. The second kappa shape index (κ2) is 8.79. The minimum atomic E-state index is -4.70. The number of halogens is 2. The third-order valence-corrected chi connectivity index (χ3v) is 7.25. The van der Waals surface area contributed by atoms with Crippen LogP contribution in [-0.2, 0) is 13.8 Å². The van der Waals surface area contributed by atoms with E-state index in [-0.39, 0.29) is 22.8 Å². The number of nitrogens with one attached hydrogen (secondary N) is 2. The first-order valence-corrected chi connectivity index (χ1v) is 12.0. The molecule has 11 nitrogen and oxygen atoms in total. The fourth-order valence-corrected chi connectivity index (χ4v) is 5.05. The average molecular weight is 551 g/mol. The van der Waals surface area contributed by atoms with E-state index in [2.05, 4.69) is 25.9 Å². The van der Waals surface area contributed by atoms with E-state index < -0.39 is 44.1 Å². The number of aliphatic hydroxyl groups is 1. The molecule has 32 heavy (non-hydrogen) atoms. The fourth-order valence-electron chi connectivity index (χ4n) is 3.46. The van der Waals surface area contributed by atoms with Crippen LogP contribution in [0.15, 0.2) is 38.6 Å². The van der Waals surface area contributed by atoms with Gasteiger partial charge in [-0.2, -0.15) is 0 Å². The lowest BCUT2D eigenvalue weighted by atomic mass is 10.2. The predicted molar refractivity (Wildman–Crippen MR) is 118 cm³/mol. The number of nitrogens with zero attached hydrogens (tertiary/aromatic N) is 1. The van der Waals surface area contributed by atoms with Crippen molar-refractivity contribution in [1.29, 1.82) is 0 Å². The van der Waals surface area contributed by atoms with Gasteiger partial charge in [0.25, 0.3) is 5.56 Å². The zero-order valence-electron chi connectivity index (χ0n) is 16.4. The second-order valence-corrected chi connectivity index (χ2v) is 9.73. The van der Waals surface area contributed by atoms with Crippen LogP contribution in [0.4, 0.5) is 0 Å². The number of ether oxygens (including phenoxy) is 1. The van der Waals surface area contributed by atoms with Crippen molar-refractivity contribution in [2.75, 3.05) is 6.61 Å². The van der Waals surface area contributed by atoms with Gasteiger partial charge < -0.3 is 19.4 Å². The number of fused-ring (bicyclic) bond motifs is 1. The summed E-state index contributed by atoms with van der Waals surface area (Å²) in [6.45, 7) is 0.978. The van der Waals surface area contributed by atoms with Gasteiger partial charge in [-0.15, -0.1) is 0 Å². The molecular formula is C18H18BrClN3O8P. The lowest BCUT2D eigenvalue weighted by Gasteiger charge is -2.19. The number of aliphatic hydroxyl groups excluding tert-OH is 1. The third kappa shape index (κ3) is 4.44. The van der Waals surface area contributed by atoms with Crippen LogP contribution in [0.1, 0.15) is 18.2 Å². The monoisotopic (exact) mass is 549 g/mol. The quantitative estimate of drug-likeness (QED) is 0.341. The van der Waals surface area contributed by atoms with E-state index in [1.165, 1.54) is 19.3 Å². The zero-order chi connectivity index (χ0) is 23.2. The third-order valence-electron chi connectivity index (χ3n) is 5.00. The van der Waals surface area contributed by atoms with E-state index in [4.69, 9.17) is 25.4 Å². The van der Waals surface area contributed by atoms with Crippen molar-refractivity contribution in [2.45, 2.75) is 31.8 Å². The number of rotatable bonds is 6. The molecule has 1 aromatic carbocycles. The Labute approximate surface area is 193 Å². The summed E-state index contributed by atoms with van der Waals surface area (Å²) >= 11 is 9.56. The van der Waals surface area contributed by atoms with Crippen LogP contribution in [0.3, 0.4) is 0 Å². The van der Waals surface area contributed by atoms with Gasteiger partial charge in [0.15, 0.2) is 5.75 Å². The van der Waals surface area contributed by atoms with E-state index in [0.717, 1.165) is 4.57 Å². The fraction of sp³-hybridized carbons (Fsp3) is 0.333. The highest BCUT2D eigenvalue weighted by atomic mass is 79.9. The van der Waals surface area contributed by atoms with Gasteiger partial charge in [-0.1, -0.05) is 11.6 Å². The highest BCUT2D eigenvalue weighted by Gasteiger charge is 2.42. The molecule has 14 heteroatoms. The molecule has 0 bridgehead atoms. The second-order valence-electron chi connectivity index (χ2n) is 7.17. The number of aromatic nitrogens is 3. The first kappa shape index (κ1) is 23.2. The summed E-state index contributed by atoms with van der Waals surface area (Å²) in [7, 11) is -4.70. The Bertz CT molecular complexity index is 1340. The molecule has 0 radical (unpaired) electrons. The van der Waals surface area contributed by atoms with Crippen molar-refractivity contribution in [1.82, 2.24) is 14.5 Å². The van der Waals surface area contributed by atoms with Crippen molar-refractivity contribution in [3.05, 3.63) is 60.4 Å². The summed E-state index contributed by atoms with van der Waals surface area (Å²) in [5.41, 5.74) is -0.395. The Balaban J connectivity index is 1.56. The topological polar surface area (TPSA) is 156 Å². The summed E-state index contributed by atoms with van der Waals surface area (Å²) in [6.07, 6.45) is -0.390. The van der Waals surface area contributed by atoms with Gasteiger partial charge in [0.2, 0.25) is 0 Å². The molecule has 4 rings (SSSR count). The summed E-state index contributed by atoms with van der Waals surface area (Å²) in [6, 6.07) is 3.42. The molecule has 3 aromatic rings. The van der Waals surface area contributed by atoms with E-state index in [0.29, 0.717) is 15.4 Å². The predicted octanol–water partition coefficient (Wildman–Crippen LogP) is 2.59. The number of H-pyrrole nitrogens is 2. The maximum Gasteiger partial charge on any atom is 0.527 e. The number of hydrogen-bond acceptors (Lipinski definition) is 7. The minimum Gasteiger partial charge on any atom is -0.402 e. The van der Waals surface area contributed by atoms with Crippen molar-refractivity contribution < 1.29 is 28.3 Å². The Hall–Kier alpha value is -1.92. The maximum absolute atomic E-state index is 12.7. The van der Waals surface area contributed by atoms with Gasteiger partial charge in [0, 0.05) is 28.9 Å². The molecule has 1 saturated heterocycles. The summed E-state index contributed by atoms with van der Waals surface area (Å²) < 4.78 is 30.6. The van der Waals surface area contributed by atoms with Crippen LogP contribution >= 0.6 is 35.4 Å². The van der Waals surface area contributed by atoms with E-state index in [1.807, 2.05) is 0 Å². The summed E-state index contributed by atoms with van der Waals surface area (Å²) in [4.78, 5) is 39.1. The van der Waals surface area contributed by atoms with Crippen molar-refractivity contribution in [2.24, 2.45) is 0 Å². The van der Waals surface area contributed by atoms with Crippen LogP contribution in [0.25, 0.3) is 10.9 Å². The number of hydrogen-bond donors (Lipinski definition) is 4. The zero-order valence-corrected chi connectivity index (χ0v) is 19.7. The average Bonchev–Trinajstić information content (AvgIpc) is 3.31. The molecule has 0 aliphatic carbocycles. The van der Waals surface area contributed by atoms with Crippen LogP contribution in [0.5, 0.6) is 5.75 Å². The molecule has 4 unspecified atom stereocenters. The molecule has 1 aliphatic heterocycles. The van der Waals surface area contributed by atoms with Gasteiger partial charge >= 0.3 is 13.5 Å². The van der Waals surface area contributed by atoms with Crippen LogP contribution in [0.2, 0.25) is 5.02 Å². The highest BCUT2D eigenvalue weighted by molar-refractivity contribution is 9.10. The number of aryl methyl sites for hydroxylation is 1. The molecule has 0 spiro atoms. The van der Waals surface area contributed by atoms with E-state index in [9.17, 15) is 24.2 Å². The van der Waals surface area contributed by atoms with Crippen molar-refractivity contribution in [3.8, 4) is 5.75 Å². The summed E-state index contributed by atoms with van der Waals surface area (Å²) in [5, 5.41) is 10.3. The lowest BCUT2D eigenvalue weighted by molar-refractivity contribution is -0.0450. The molecule has 3 heterocycles. The minimum absolute atomic E-state index is 0.000580. The SMILES string of the molecule is Cc1cn(C2CC(OP(=O)(O)Oc3c[nH]c4ccc(Br)c(Cl)c34)C(CO)O2)c(=O)[nH]c1=O. The molecule has 0 amide bonds. The molecule has 172 valence electrons. The van der Waals surface area contributed by atoms with Crippen LogP contribution in [-0.4, -0.2) is 43.3 Å². The standard InChI is InChI=1S/C18H18BrClN3O8P/c1-8-6-23(18(26)22-17(8)25)14-4-11(13(7-24)29-14)30-32(27,28)31-12-5-21-10-3-2-9(19)16(20)15(10)12/h2-3,5-6,11,13-14,21,24H,4,7H2,1H3,(H,27,28)(H,22,25,26). The molecule has 4 N–H and O–H groups in total. The van der Waals surface area contributed by atoms with Gasteiger partial charge in [-0.05, 0) is 35.0 Å². The Morgan fingerprint density at radius 1 is 1.41 bits per heavy atom. The normalized spacial score (nSPS) is 22.8. The van der Waals surface area contributed by atoms with Gasteiger partial charge in [0.05, 0.1) is 22.5 Å². The molecule has 4 atom stereocenters. The van der Waals surface area contributed by atoms with Gasteiger partial charge in [0.1, 0.15) is 18.4 Å². The molecule has 1 fully saturated rings.